The molecule has 0 radical (unpaired) electrons. The van der Waals surface area contributed by atoms with Crippen LogP contribution < -0.4 is 20.7 Å². The summed E-state index contributed by atoms with van der Waals surface area (Å²) in [6.45, 7) is 0.969. The van der Waals surface area contributed by atoms with Crippen molar-refractivity contribution in [2.75, 3.05) is 27.4 Å². The fraction of sp³-hybridized carbons (Fsp3) is 0.312. The highest BCUT2D eigenvalue weighted by Gasteiger charge is 2.50. The highest BCUT2D eigenvalue weighted by molar-refractivity contribution is 5.49. The molecule has 1 aliphatic rings. The van der Waals surface area contributed by atoms with E-state index in [1.165, 1.54) is 10.8 Å². The van der Waals surface area contributed by atoms with Gasteiger partial charge in [0.05, 0.1) is 34.0 Å². The Balaban J connectivity index is 1.52. The predicted molar refractivity (Wildman–Crippen MR) is 155 cm³/mol. The number of methoxy groups -OCH3 is 2. The van der Waals surface area contributed by atoms with Crippen LogP contribution in [0.15, 0.2) is 94.6 Å². The lowest BCUT2D eigenvalue weighted by atomic mass is 9.79. The molecule has 42 heavy (non-hydrogen) atoms. The number of aryl methyl sites for hydroxylation is 1. The van der Waals surface area contributed by atoms with Crippen LogP contribution in [0.4, 0.5) is 0 Å². The average molecular weight is 575 g/mol. The summed E-state index contributed by atoms with van der Waals surface area (Å²) in [6, 6.07) is 24.5. The Bertz CT molecular complexity index is 1570. The van der Waals surface area contributed by atoms with Gasteiger partial charge in [0.2, 0.25) is 0 Å². The summed E-state index contributed by atoms with van der Waals surface area (Å²) in [5.74, 6) is 1.34. The van der Waals surface area contributed by atoms with Crippen LogP contribution in [0.25, 0.3) is 0 Å². The van der Waals surface area contributed by atoms with E-state index in [-0.39, 0.29) is 19.8 Å². The summed E-state index contributed by atoms with van der Waals surface area (Å²) >= 11 is 0. The first-order chi connectivity index (χ1) is 20.2. The number of nitrogens with zero attached hydrogens (tertiary/aromatic N) is 1. The van der Waals surface area contributed by atoms with Crippen LogP contribution in [0.5, 0.6) is 11.5 Å². The minimum absolute atomic E-state index is 0.0687. The topological polar surface area (TPSA) is 132 Å². The molecule has 220 valence electrons. The highest BCUT2D eigenvalue weighted by Crippen LogP contribution is 2.43. The molecule has 5 rings (SSSR count). The third-order valence-electron chi connectivity index (χ3n) is 7.73. The van der Waals surface area contributed by atoms with Crippen molar-refractivity contribution in [3.05, 3.63) is 128 Å². The van der Waals surface area contributed by atoms with Gasteiger partial charge in [0.1, 0.15) is 34.9 Å². The Labute approximate surface area is 242 Å². The number of benzene rings is 3. The van der Waals surface area contributed by atoms with Gasteiger partial charge in [0.15, 0.2) is 0 Å². The van der Waals surface area contributed by atoms with E-state index in [9.17, 15) is 19.8 Å². The molecule has 1 fully saturated rings. The fourth-order valence-electron chi connectivity index (χ4n) is 5.31. The zero-order chi connectivity index (χ0) is 29.9. The quantitative estimate of drug-likeness (QED) is 0.246. The van der Waals surface area contributed by atoms with Crippen molar-refractivity contribution in [2.45, 2.75) is 36.9 Å². The number of hydrogen-bond acceptors (Lipinski definition) is 8. The van der Waals surface area contributed by atoms with Crippen molar-refractivity contribution in [3.8, 4) is 11.5 Å². The summed E-state index contributed by atoms with van der Waals surface area (Å²) < 4.78 is 24.6. The van der Waals surface area contributed by atoms with Crippen molar-refractivity contribution >= 4 is 0 Å². The van der Waals surface area contributed by atoms with E-state index in [1.54, 1.807) is 21.1 Å². The molecule has 2 heterocycles. The number of nitrogens with one attached hydrogen (secondary N) is 1. The van der Waals surface area contributed by atoms with Crippen molar-refractivity contribution in [2.24, 2.45) is 0 Å². The summed E-state index contributed by atoms with van der Waals surface area (Å²) in [5, 5.41) is 22.9. The van der Waals surface area contributed by atoms with Crippen LogP contribution >= 0.6 is 0 Å². The molecule has 0 unspecified atom stereocenters. The lowest BCUT2D eigenvalue weighted by molar-refractivity contribution is -0.129. The molecule has 3 N–H and O–H groups in total. The fourth-order valence-corrected chi connectivity index (χ4v) is 5.31. The van der Waals surface area contributed by atoms with Gasteiger partial charge in [-0.2, -0.15) is 0 Å². The predicted octanol–water partition coefficient (Wildman–Crippen LogP) is 2.36. The maximum Gasteiger partial charge on any atom is 0.328 e. The van der Waals surface area contributed by atoms with E-state index in [0.29, 0.717) is 17.1 Å². The summed E-state index contributed by atoms with van der Waals surface area (Å²) in [6.07, 6.45) is -0.912. The molecule has 0 amide bonds. The van der Waals surface area contributed by atoms with Crippen LogP contribution in [0.3, 0.4) is 0 Å². The Kier molecular flexibility index (Phi) is 8.33. The number of rotatable bonds is 10. The van der Waals surface area contributed by atoms with Crippen molar-refractivity contribution in [1.29, 1.82) is 0 Å². The second-order valence-corrected chi connectivity index (χ2v) is 10.4. The smallest absolute Gasteiger partial charge is 0.328 e. The molecule has 1 aromatic heterocycles. The van der Waals surface area contributed by atoms with Gasteiger partial charge < -0.3 is 29.2 Å². The molecule has 3 aromatic carbocycles. The number of aromatic amines is 1. The molecule has 1 saturated heterocycles. The summed E-state index contributed by atoms with van der Waals surface area (Å²) in [4.78, 5) is 26.4. The van der Waals surface area contributed by atoms with Crippen molar-refractivity contribution < 1.29 is 29.2 Å². The largest absolute Gasteiger partial charge is 0.497 e. The number of ether oxygens (including phenoxy) is 4. The van der Waals surface area contributed by atoms with Gasteiger partial charge in [-0.1, -0.05) is 54.6 Å². The minimum Gasteiger partial charge on any atom is -0.497 e. The Morgan fingerprint density at radius 2 is 1.48 bits per heavy atom. The molecule has 0 bridgehead atoms. The van der Waals surface area contributed by atoms with E-state index in [1.807, 2.05) is 78.9 Å². The standard InChI is InChI=1S/C32H34N2O8/c1-21-17-34(30(37)33-29(21)36)18-27-28(35)31(38,19-41-27)20-42-32(22-7-5-4-6-8-22,23-9-13-25(39-2)14-10-23)24-11-15-26(40-3)16-12-24/h4-17,27-28,35,38H,18-20H2,1-3H3,(H,33,36,37)/t27-,28-,31+/m0/s1. The first-order valence-corrected chi connectivity index (χ1v) is 13.5. The van der Waals surface area contributed by atoms with Gasteiger partial charge in [-0.05, 0) is 47.9 Å². The molecule has 4 aromatic rings. The van der Waals surface area contributed by atoms with Gasteiger partial charge in [0.25, 0.3) is 5.56 Å². The normalized spacial score (nSPS) is 20.4. The van der Waals surface area contributed by atoms with E-state index >= 15 is 0 Å². The molecular formula is C32H34N2O8. The maximum atomic E-state index is 12.3. The number of aliphatic hydroxyl groups excluding tert-OH is 1. The summed E-state index contributed by atoms with van der Waals surface area (Å²) in [7, 11) is 3.19. The van der Waals surface area contributed by atoms with Gasteiger partial charge in [0, 0.05) is 11.8 Å². The molecule has 3 atom stereocenters. The molecule has 10 nitrogen and oxygen atoms in total. The SMILES string of the molecule is COc1ccc(C(OC[C@]2(O)CO[C@@H](Cn3cc(C)c(=O)[nH]c3=O)[C@@H]2O)(c2ccccc2)c2ccc(OC)cc2)cc1. The lowest BCUT2D eigenvalue weighted by Gasteiger charge is -2.39. The molecular weight excluding hydrogens is 540 g/mol. The minimum atomic E-state index is -1.80. The van der Waals surface area contributed by atoms with E-state index in [0.717, 1.165) is 16.7 Å². The van der Waals surface area contributed by atoms with Crippen LogP contribution in [0.1, 0.15) is 22.3 Å². The third kappa shape index (κ3) is 5.49. The van der Waals surface area contributed by atoms with Crippen LogP contribution in [0, 0.1) is 6.92 Å². The Hall–Kier alpha value is -4.22. The van der Waals surface area contributed by atoms with Gasteiger partial charge >= 0.3 is 5.69 Å². The summed E-state index contributed by atoms with van der Waals surface area (Å²) in [5.41, 5.74) is -1.45. The van der Waals surface area contributed by atoms with Crippen LogP contribution in [-0.4, -0.2) is 65.0 Å². The van der Waals surface area contributed by atoms with Crippen molar-refractivity contribution in [3.63, 3.8) is 0 Å². The van der Waals surface area contributed by atoms with E-state index in [2.05, 4.69) is 4.98 Å². The zero-order valence-electron chi connectivity index (χ0n) is 23.7. The highest BCUT2D eigenvalue weighted by atomic mass is 16.6. The van der Waals surface area contributed by atoms with Gasteiger partial charge in [-0.3, -0.25) is 14.3 Å². The molecule has 0 spiro atoms. The molecule has 1 aliphatic heterocycles. The number of aliphatic hydroxyl groups is 2. The molecule has 0 aliphatic carbocycles. The maximum absolute atomic E-state index is 12.3. The first kappa shape index (κ1) is 29.3. The van der Waals surface area contributed by atoms with Crippen molar-refractivity contribution in [1.82, 2.24) is 9.55 Å². The van der Waals surface area contributed by atoms with E-state index in [4.69, 9.17) is 18.9 Å². The Morgan fingerprint density at radius 3 is 2.02 bits per heavy atom. The van der Waals surface area contributed by atoms with Crippen LogP contribution in [-0.2, 0) is 21.6 Å². The Morgan fingerprint density at radius 1 is 0.929 bits per heavy atom. The molecule has 10 heteroatoms. The zero-order valence-corrected chi connectivity index (χ0v) is 23.7. The second kappa shape index (κ2) is 11.9. The average Bonchev–Trinajstić information content (AvgIpc) is 3.30. The van der Waals surface area contributed by atoms with Gasteiger partial charge in [-0.25, -0.2) is 4.79 Å². The number of H-pyrrole nitrogens is 1. The number of hydrogen-bond donors (Lipinski definition) is 3. The van der Waals surface area contributed by atoms with Gasteiger partial charge in [-0.15, -0.1) is 0 Å². The van der Waals surface area contributed by atoms with Crippen LogP contribution in [0.2, 0.25) is 0 Å². The second-order valence-electron chi connectivity index (χ2n) is 10.4. The van der Waals surface area contributed by atoms with E-state index < -0.39 is 34.7 Å². The first-order valence-electron chi connectivity index (χ1n) is 13.5. The lowest BCUT2D eigenvalue weighted by Crippen LogP contribution is -2.51. The third-order valence-corrected chi connectivity index (χ3v) is 7.73. The molecule has 0 saturated carbocycles. The number of aromatic nitrogens is 2. The monoisotopic (exact) mass is 574 g/mol.